The first kappa shape index (κ1) is 17.1. The van der Waals surface area contributed by atoms with E-state index in [9.17, 15) is 18.0 Å². The zero-order valence-corrected chi connectivity index (χ0v) is 13.5. The molecule has 0 aliphatic heterocycles. The Bertz CT molecular complexity index is 769. The number of amides is 2. The number of carbonyl (C=O) groups is 1. The lowest BCUT2D eigenvalue weighted by Crippen LogP contribution is -2.38. The molecule has 7 heteroatoms. The maximum absolute atomic E-state index is 12.7. The van der Waals surface area contributed by atoms with Crippen LogP contribution in [0.3, 0.4) is 0 Å². The summed E-state index contributed by atoms with van der Waals surface area (Å²) in [7, 11) is 1.57. The normalized spacial score (nSPS) is 15.4. The number of rotatable bonds is 4. The van der Waals surface area contributed by atoms with Crippen LogP contribution < -0.4 is 15.4 Å². The third-order valence-corrected chi connectivity index (χ3v) is 4.19. The second-order valence-electron chi connectivity index (χ2n) is 5.97. The number of anilines is 1. The first-order chi connectivity index (χ1) is 11.8. The van der Waals surface area contributed by atoms with Crippen molar-refractivity contribution in [3.05, 3.63) is 59.7 Å². The highest BCUT2D eigenvalue weighted by molar-refractivity contribution is 5.90. The Balaban J connectivity index is 1.68. The van der Waals surface area contributed by atoms with Gasteiger partial charge in [0.25, 0.3) is 0 Å². The lowest BCUT2D eigenvalue weighted by Gasteiger charge is -2.19. The molecule has 0 radical (unpaired) electrons. The maximum Gasteiger partial charge on any atom is 0.416 e. The van der Waals surface area contributed by atoms with Crippen LogP contribution in [0.4, 0.5) is 23.7 Å². The van der Waals surface area contributed by atoms with E-state index >= 15 is 0 Å². The SMILES string of the molecule is COc1ccc(C2(NC(=O)Nc3cccc(C(F)(F)F)c3)CC2)cc1. The number of hydrogen-bond donors (Lipinski definition) is 2. The quantitative estimate of drug-likeness (QED) is 0.851. The Morgan fingerprint density at radius 2 is 1.80 bits per heavy atom. The van der Waals surface area contributed by atoms with Crippen LogP contribution in [-0.2, 0) is 11.7 Å². The lowest BCUT2D eigenvalue weighted by molar-refractivity contribution is -0.137. The van der Waals surface area contributed by atoms with Crippen molar-refractivity contribution in [2.75, 3.05) is 12.4 Å². The number of methoxy groups -OCH3 is 1. The molecule has 1 aliphatic rings. The number of urea groups is 1. The van der Waals surface area contributed by atoms with E-state index in [4.69, 9.17) is 4.74 Å². The molecule has 2 N–H and O–H groups in total. The largest absolute Gasteiger partial charge is 0.497 e. The number of alkyl halides is 3. The topological polar surface area (TPSA) is 50.4 Å². The van der Waals surface area contributed by atoms with Crippen LogP contribution in [0.2, 0.25) is 0 Å². The van der Waals surface area contributed by atoms with Gasteiger partial charge in [-0.05, 0) is 48.7 Å². The molecule has 3 rings (SSSR count). The molecule has 2 amide bonds. The number of nitrogens with one attached hydrogen (secondary N) is 2. The molecule has 0 bridgehead atoms. The Morgan fingerprint density at radius 1 is 1.12 bits per heavy atom. The minimum Gasteiger partial charge on any atom is -0.497 e. The molecule has 2 aromatic carbocycles. The summed E-state index contributed by atoms with van der Waals surface area (Å²) < 4.78 is 43.3. The molecule has 4 nitrogen and oxygen atoms in total. The second kappa shape index (κ2) is 6.31. The standard InChI is InChI=1S/C18H17F3N2O2/c1-25-15-7-5-12(6-8-15)17(9-10-17)23-16(24)22-14-4-2-3-13(11-14)18(19,20)21/h2-8,11H,9-10H2,1H3,(H2,22,23,24). The Kier molecular flexibility index (Phi) is 4.32. The summed E-state index contributed by atoms with van der Waals surface area (Å²) >= 11 is 0. The Hall–Kier alpha value is -2.70. The molecular formula is C18H17F3N2O2. The first-order valence-corrected chi connectivity index (χ1v) is 7.73. The van der Waals surface area contributed by atoms with E-state index in [-0.39, 0.29) is 5.69 Å². The van der Waals surface area contributed by atoms with Crippen molar-refractivity contribution in [2.45, 2.75) is 24.6 Å². The third-order valence-electron chi connectivity index (χ3n) is 4.19. The molecule has 1 saturated carbocycles. The van der Waals surface area contributed by atoms with Crippen molar-refractivity contribution in [3.8, 4) is 5.75 Å². The summed E-state index contributed by atoms with van der Waals surface area (Å²) in [6, 6.07) is 11.4. The van der Waals surface area contributed by atoms with Crippen molar-refractivity contribution in [1.29, 1.82) is 0 Å². The van der Waals surface area contributed by atoms with E-state index in [0.717, 1.165) is 30.5 Å². The van der Waals surface area contributed by atoms with E-state index in [2.05, 4.69) is 10.6 Å². The van der Waals surface area contributed by atoms with Gasteiger partial charge in [0, 0.05) is 5.69 Å². The molecule has 2 aromatic rings. The number of hydrogen-bond acceptors (Lipinski definition) is 2. The molecule has 0 spiro atoms. The van der Waals surface area contributed by atoms with Gasteiger partial charge in [-0.1, -0.05) is 18.2 Å². The molecular weight excluding hydrogens is 333 g/mol. The van der Waals surface area contributed by atoms with Gasteiger partial charge >= 0.3 is 12.2 Å². The molecule has 25 heavy (non-hydrogen) atoms. The van der Waals surface area contributed by atoms with Crippen molar-refractivity contribution < 1.29 is 22.7 Å². The highest BCUT2D eigenvalue weighted by Crippen LogP contribution is 2.45. The molecule has 0 heterocycles. The van der Waals surface area contributed by atoms with Gasteiger partial charge in [0.05, 0.1) is 18.2 Å². The summed E-state index contributed by atoms with van der Waals surface area (Å²) in [6.45, 7) is 0. The van der Waals surface area contributed by atoms with Crippen molar-refractivity contribution in [1.82, 2.24) is 5.32 Å². The number of carbonyl (C=O) groups excluding carboxylic acids is 1. The van der Waals surface area contributed by atoms with Gasteiger partial charge in [0.1, 0.15) is 5.75 Å². The van der Waals surface area contributed by atoms with E-state index in [1.165, 1.54) is 12.1 Å². The maximum atomic E-state index is 12.7. The van der Waals surface area contributed by atoms with Gasteiger partial charge in [-0.2, -0.15) is 13.2 Å². The third kappa shape index (κ3) is 3.87. The average Bonchev–Trinajstić information content (AvgIpc) is 3.35. The smallest absolute Gasteiger partial charge is 0.416 e. The van der Waals surface area contributed by atoms with E-state index in [1.54, 1.807) is 7.11 Å². The highest BCUT2D eigenvalue weighted by atomic mass is 19.4. The van der Waals surface area contributed by atoms with Crippen molar-refractivity contribution in [2.24, 2.45) is 0 Å². The van der Waals surface area contributed by atoms with Crippen molar-refractivity contribution >= 4 is 11.7 Å². The molecule has 1 fully saturated rings. The van der Waals surface area contributed by atoms with E-state index in [1.807, 2.05) is 24.3 Å². The highest BCUT2D eigenvalue weighted by Gasteiger charge is 2.45. The minimum absolute atomic E-state index is 0.0952. The molecule has 0 atom stereocenters. The van der Waals surface area contributed by atoms with Gasteiger partial charge in [0.15, 0.2) is 0 Å². The lowest BCUT2D eigenvalue weighted by atomic mass is 10.1. The zero-order valence-electron chi connectivity index (χ0n) is 13.5. The predicted octanol–water partition coefficient (Wildman–Crippen LogP) is 4.52. The summed E-state index contributed by atoms with van der Waals surface area (Å²) in [5.74, 6) is 0.716. The van der Waals surface area contributed by atoms with Crippen LogP contribution in [0, 0.1) is 0 Å². The number of halogens is 3. The minimum atomic E-state index is -4.45. The number of ether oxygens (including phenoxy) is 1. The van der Waals surface area contributed by atoms with Crippen LogP contribution in [0.15, 0.2) is 48.5 Å². The molecule has 132 valence electrons. The number of benzene rings is 2. The van der Waals surface area contributed by atoms with Crippen molar-refractivity contribution in [3.63, 3.8) is 0 Å². The molecule has 0 saturated heterocycles. The second-order valence-corrected chi connectivity index (χ2v) is 5.97. The zero-order chi connectivity index (χ0) is 18.1. The molecule has 0 unspecified atom stereocenters. The van der Waals surface area contributed by atoms with Crippen LogP contribution in [0.25, 0.3) is 0 Å². The summed E-state index contributed by atoms with van der Waals surface area (Å²) in [6.07, 6.45) is -2.90. The fourth-order valence-electron chi connectivity index (χ4n) is 2.67. The fraction of sp³-hybridized carbons (Fsp3) is 0.278. The molecule has 1 aliphatic carbocycles. The monoisotopic (exact) mass is 350 g/mol. The summed E-state index contributed by atoms with van der Waals surface area (Å²) in [5.41, 5.74) is -0.246. The molecule has 0 aromatic heterocycles. The predicted molar refractivity (Wildman–Crippen MR) is 87.5 cm³/mol. The van der Waals surface area contributed by atoms with E-state index in [0.29, 0.717) is 5.75 Å². The average molecular weight is 350 g/mol. The van der Waals surface area contributed by atoms with Gasteiger partial charge < -0.3 is 15.4 Å². The summed E-state index contributed by atoms with van der Waals surface area (Å²) in [5, 5.41) is 5.32. The van der Waals surface area contributed by atoms with Gasteiger partial charge in [0.2, 0.25) is 0 Å². The summed E-state index contributed by atoms with van der Waals surface area (Å²) in [4.78, 5) is 12.2. The fourth-order valence-corrected chi connectivity index (χ4v) is 2.67. The van der Waals surface area contributed by atoms with E-state index < -0.39 is 23.3 Å². The first-order valence-electron chi connectivity index (χ1n) is 7.73. The van der Waals surface area contributed by atoms with Gasteiger partial charge in [-0.15, -0.1) is 0 Å². The van der Waals surface area contributed by atoms with Gasteiger partial charge in [-0.3, -0.25) is 0 Å². The van der Waals surface area contributed by atoms with Crippen LogP contribution in [0.1, 0.15) is 24.0 Å². The van der Waals surface area contributed by atoms with Gasteiger partial charge in [-0.25, -0.2) is 4.79 Å². The Labute approximate surface area is 143 Å². The Morgan fingerprint density at radius 3 is 2.36 bits per heavy atom. The van der Waals surface area contributed by atoms with Crippen LogP contribution in [0.5, 0.6) is 5.75 Å². The van der Waals surface area contributed by atoms with Crippen LogP contribution >= 0.6 is 0 Å². The van der Waals surface area contributed by atoms with Crippen LogP contribution in [-0.4, -0.2) is 13.1 Å².